The van der Waals surface area contributed by atoms with E-state index in [4.69, 9.17) is 23.2 Å². The molecule has 0 spiro atoms. The van der Waals surface area contributed by atoms with Gasteiger partial charge in [0.25, 0.3) is 0 Å². The molecule has 0 saturated carbocycles. The highest BCUT2D eigenvalue weighted by Crippen LogP contribution is 2.22. The Labute approximate surface area is 112 Å². The van der Waals surface area contributed by atoms with E-state index in [1.165, 1.54) is 0 Å². The maximum absolute atomic E-state index is 12.0. The first-order chi connectivity index (χ1) is 8.15. The average molecular weight is 286 g/mol. The standard InChI is InChI=1S/C12H9Cl2NOS/c13-9-6-10(14)8-12(7-9)17(16)15-11-4-2-1-3-5-11/h1-8,15H. The molecule has 0 radical (unpaired) electrons. The van der Waals surface area contributed by atoms with Crippen LogP contribution in [0.1, 0.15) is 0 Å². The van der Waals surface area contributed by atoms with Gasteiger partial charge in [-0.25, -0.2) is 4.21 Å². The van der Waals surface area contributed by atoms with E-state index < -0.39 is 11.0 Å². The van der Waals surface area contributed by atoms with Gasteiger partial charge in [-0.3, -0.25) is 0 Å². The highest BCUT2D eigenvalue weighted by atomic mass is 35.5. The van der Waals surface area contributed by atoms with Crippen LogP contribution in [0.3, 0.4) is 0 Å². The topological polar surface area (TPSA) is 29.1 Å². The van der Waals surface area contributed by atoms with Gasteiger partial charge in [-0.05, 0) is 30.3 Å². The van der Waals surface area contributed by atoms with E-state index in [9.17, 15) is 4.21 Å². The van der Waals surface area contributed by atoms with E-state index in [1.54, 1.807) is 18.2 Å². The van der Waals surface area contributed by atoms with E-state index in [2.05, 4.69) is 4.72 Å². The smallest absolute Gasteiger partial charge is 0.150 e. The van der Waals surface area contributed by atoms with Crippen LogP contribution in [0.4, 0.5) is 5.69 Å². The molecule has 0 aliphatic carbocycles. The summed E-state index contributed by atoms with van der Waals surface area (Å²) in [7, 11) is -1.37. The molecule has 0 aliphatic heterocycles. The molecule has 2 nitrogen and oxygen atoms in total. The van der Waals surface area contributed by atoms with Crippen LogP contribution in [0.25, 0.3) is 0 Å². The number of anilines is 1. The summed E-state index contributed by atoms with van der Waals surface area (Å²) in [6, 6.07) is 14.2. The Morgan fingerprint density at radius 2 is 1.53 bits per heavy atom. The van der Waals surface area contributed by atoms with Gasteiger partial charge in [-0.15, -0.1) is 0 Å². The quantitative estimate of drug-likeness (QED) is 0.903. The second-order valence-corrected chi connectivity index (χ2v) is 5.43. The van der Waals surface area contributed by atoms with Crippen LogP contribution in [0.5, 0.6) is 0 Å². The normalized spacial score (nSPS) is 12.1. The minimum Gasteiger partial charge on any atom is -0.301 e. The zero-order valence-corrected chi connectivity index (χ0v) is 11.0. The van der Waals surface area contributed by atoms with Crippen LogP contribution >= 0.6 is 23.2 Å². The van der Waals surface area contributed by atoms with E-state index in [-0.39, 0.29) is 0 Å². The number of nitrogens with one attached hydrogen (secondary N) is 1. The van der Waals surface area contributed by atoms with Crippen LogP contribution in [-0.2, 0) is 11.0 Å². The van der Waals surface area contributed by atoms with Crippen molar-refractivity contribution in [2.75, 3.05) is 4.72 Å². The summed E-state index contributed by atoms with van der Waals surface area (Å²) in [6.07, 6.45) is 0. The van der Waals surface area contributed by atoms with E-state index in [0.717, 1.165) is 5.69 Å². The summed E-state index contributed by atoms with van der Waals surface area (Å²) in [5, 5.41) is 0.937. The first-order valence-corrected chi connectivity index (χ1v) is 6.75. The van der Waals surface area contributed by atoms with Crippen LogP contribution < -0.4 is 4.72 Å². The lowest BCUT2D eigenvalue weighted by Gasteiger charge is -2.06. The Morgan fingerprint density at radius 1 is 0.941 bits per heavy atom. The maximum atomic E-state index is 12.0. The molecular formula is C12H9Cl2NOS. The van der Waals surface area contributed by atoms with Crippen LogP contribution in [0.15, 0.2) is 53.4 Å². The fourth-order valence-electron chi connectivity index (χ4n) is 1.31. The fraction of sp³-hybridized carbons (Fsp3) is 0. The minimum absolute atomic E-state index is 0.468. The van der Waals surface area contributed by atoms with Gasteiger partial charge in [0, 0.05) is 15.7 Å². The first-order valence-electron chi connectivity index (χ1n) is 4.85. The molecule has 0 aromatic heterocycles. The summed E-state index contributed by atoms with van der Waals surface area (Å²) >= 11 is 11.7. The van der Waals surface area contributed by atoms with E-state index in [1.807, 2.05) is 30.3 Å². The highest BCUT2D eigenvalue weighted by Gasteiger charge is 2.06. The second-order valence-electron chi connectivity index (χ2n) is 3.34. The van der Waals surface area contributed by atoms with Gasteiger partial charge in [0.2, 0.25) is 0 Å². The predicted molar refractivity (Wildman–Crippen MR) is 72.9 cm³/mol. The Hall–Kier alpha value is -1.03. The molecule has 2 aromatic carbocycles. The van der Waals surface area contributed by atoms with Crippen LogP contribution in [0.2, 0.25) is 10.0 Å². The molecule has 5 heteroatoms. The van der Waals surface area contributed by atoms with Gasteiger partial charge in [0.1, 0.15) is 11.0 Å². The lowest BCUT2D eigenvalue weighted by molar-refractivity contribution is 0.686. The summed E-state index contributed by atoms with van der Waals surface area (Å²) in [6.45, 7) is 0. The van der Waals surface area contributed by atoms with Gasteiger partial charge in [0.05, 0.1) is 4.90 Å². The molecular weight excluding hydrogens is 277 g/mol. The summed E-state index contributed by atoms with van der Waals surface area (Å²) in [5.41, 5.74) is 0.780. The number of hydrogen-bond donors (Lipinski definition) is 1. The molecule has 0 fully saturated rings. The monoisotopic (exact) mass is 285 g/mol. The summed E-state index contributed by atoms with van der Waals surface area (Å²) in [4.78, 5) is 0.548. The fourth-order valence-corrected chi connectivity index (χ4v) is 2.90. The molecule has 1 unspecified atom stereocenters. The number of para-hydroxylation sites is 1. The predicted octanol–water partition coefficient (Wildman–Crippen LogP) is 4.13. The number of hydrogen-bond acceptors (Lipinski definition) is 1. The molecule has 2 rings (SSSR count). The van der Waals surface area contributed by atoms with Crippen molar-refractivity contribution in [2.24, 2.45) is 0 Å². The van der Waals surface area contributed by atoms with Gasteiger partial charge < -0.3 is 4.72 Å². The van der Waals surface area contributed by atoms with Crippen molar-refractivity contribution in [3.8, 4) is 0 Å². The largest absolute Gasteiger partial charge is 0.301 e. The number of rotatable bonds is 3. The van der Waals surface area contributed by atoms with Crippen molar-refractivity contribution in [3.63, 3.8) is 0 Å². The Morgan fingerprint density at radius 3 is 2.12 bits per heavy atom. The third-order valence-electron chi connectivity index (χ3n) is 2.03. The van der Waals surface area contributed by atoms with E-state index in [0.29, 0.717) is 14.9 Å². The summed E-state index contributed by atoms with van der Waals surface area (Å²) < 4.78 is 14.9. The van der Waals surface area contributed by atoms with Crippen LogP contribution in [0, 0.1) is 0 Å². The maximum Gasteiger partial charge on any atom is 0.150 e. The molecule has 0 heterocycles. The second kappa shape index (κ2) is 5.54. The third kappa shape index (κ3) is 3.46. The molecule has 0 amide bonds. The Kier molecular flexibility index (Phi) is 4.05. The van der Waals surface area contributed by atoms with Gasteiger partial charge >= 0.3 is 0 Å². The summed E-state index contributed by atoms with van der Waals surface area (Å²) in [5.74, 6) is 0. The zero-order valence-electron chi connectivity index (χ0n) is 8.69. The molecule has 1 atom stereocenters. The van der Waals surface area contributed by atoms with Crippen molar-refractivity contribution < 1.29 is 4.21 Å². The third-order valence-corrected chi connectivity index (χ3v) is 3.56. The minimum atomic E-state index is -1.37. The number of benzene rings is 2. The molecule has 0 aliphatic rings. The molecule has 2 aromatic rings. The van der Waals surface area contributed by atoms with Crippen molar-refractivity contribution >= 4 is 39.9 Å². The SMILES string of the molecule is O=S(Nc1ccccc1)c1cc(Cl)cc(Cl)c1. The molecule has 0 bridgehead atoms. The Balaban J connectivity index is 2.20. The lowest BCUT2D eigenvalue weighted by Crippen LogP contribution is -2.04. The lowest BCUT2D eigenvalue weighted by atomic mass is 10.3. The van der Waals surface area contributed by atoms with Gasteiger partial charge in [-0.2, -0.15) is 0 Å². The molecule has 17 heavy (non-hydrogen) atoms. The highest BCUT2D eigenvalue weighted by molar-refractivity contribution is 7.86. The van der Waals surface area contributed by atoms with Crippen molar-refractivity contribution in [2.45, 2.75) is 4.90 Å². The van der Waals surface area contributed by atoms with Crippen molar-refractivity contribution in [3.05, 3.63) is 58.6 Å². The molecule has 1 N–H and O–H groups in total. The van der Waals surface area contributed by atoms with Crippen molar-refractivity contribution in [1.82, 2.24) is 0 Å². The van der Waals surface area contributed by atoms with Crippen molar-refractivity contribution in [1.29, 1.82) is 0 Å². The average Bonchev–Trinajstić information content (AvgIpc) is 2.29. The van der Waals surface area contributed by atoms with Crippen LogP contribution in [-0.4, -0.2) is 4.21 Å². The Bertz CT molecular complexity index is 525. The number of halogens is 2. The zero-order chi connectivity index (χ0) is 12.3. The van der Waals surface area contributed by atoms with Gasteiger partial charge in [0.15, 0.2) is 0 Å². The first kappa shape index (κ1) is 12.4. The molecule has 88 valence electrons. The van der Waals surface area contributed by atoms with E-state index >= 15 is 0 Å². The molecule has 0 saturated heterocycles. The van der Waals surface area contributed by atoms with Gasteiger partial charge in [-0.1, -0.05) is 41.4 Å².